The molecule has 0 bridgehead atoms. The van der Waals surface area contributed by atoms with Crippen molar-refractivity contribution >= 4 is 5.78 Å². The third-order valence-corrected chi connectivity index (χ3v) is 3.88. The average Bonchev–Trinajstić information content (AvgIpc) is 3.22. The van der Waals surface area contributed by atoms with Crippen LogP contribution in [0.25, 0.3) is 0 Å². The van der Waals surface area contributed by atoms with Gasteiger partial charge in [0.1, 0.15) is 11.5 Å². The Morgan fingerprint density at radius 3 is 2.53 bits per heavy atom. The van der Waals surface area contributed by atoms with E-state index in [4.69, 9.17) is 0 Å². The summed E-state index contributed by atoms with van der Waals surface area (Å²) in [6.07, 6.45) is 4.92. The minimum Gasteiger partial charge on any atom is -0.508 e. The smallest absolute Gasteiger partial charge is 0.180 e. The van der Waals surface area contributed by atoms with Gasteiger partial charge in [0.2, 0.25) is 0 Å². The summed E-state index contributed by atoms with van der Waals surface area (Å²) >= 11 is 0. The van der Waals surface area contributed by atoms with Crippen molar-refractivity contribution in [2.75, 3.05) is 13.1 Å². The second-order valence-corrected chi connectivity index (χ2v) is 5.73. The van der Waals surface area contributed by atoms with Crippen molar-refractivity contribution in [1.29, 1.82) is 0 Å². The van der Waals surface area contributed by atoms with E-state index < -0.39 is 0 Å². The molecule has 0 radical (unpaired) electrons. The van der Waals surface area contributed by atoms with Gasteiger partial charge in [0, 0.05) is 18.7 Å². The quantitative estimate of drug-likeness (QED) is 0.770. The van der Waals surface area contributed by atoms with Gasteiger partial charge in [-0.3, -0.25) is 9.69 Å². The summed E-state index contributed by atoms with van der Waals surface area (Å²) in [5.41, 5.74) is 0.305. The molecule has 0 saturated heterocycles. The molecule has 2 aliphatic carbocycles. The third-order valence-electron chi connectivity index (χ3n) is 3.88. The fourth-order valence-electron chi connectivity index (χ4n) is 2.44. The van der Waals surface area contributed by atoms with Crippen molar-refractivity contribution in [3.8, 4) is 11.5 Å². The number of benzene rings is 1. The number of aromatic hydroxyl groups is 2. The maximum Gasteiger partial charge on any atom is 0.180 e. The Hall–Kier alpha value is -1.55. The van der Waals surface area contributed by atoms with Crippen LogP contribution in [0.4, 0.5) is 0 Å². The van der Waals surface area contributed by atoms with E-state index in [2.05, 4.69) is 4.90 Å². The predicted octanol–water partition coefficient (Wildman–Crippen LogP) is 2.15. The highest BCUT2D eigenvalue weighted by molar-refractivity contribution is 6.00. The maximum atomic E-state index is 12.2. The summed E-state index contributed by atoms with van der Waals surface area (Å²) in [7, 11) is 0. The highest BCUT2D eigenvalue weighted by atomic mass is 16.3. The number of nitrogens with zero attached hydrogens (tertiary/aromatic N) is 1. The number of Topliss-reactive ketones (excluding diaryl/α,β-unsaturated/α-hetero) is 1. The van der Waals surface area contributed by atoms with E-state index in [0.29, 0.717) is 18.2 Å². The van der Waals surface area contributed by atoms with Gasteiger partial charge in [-0.25, -0.2) is 0 Å². The van der Waals surface area contributed by atoms with Gasteiger partial charge in [0.25, 0.3) is 0 Å². The first-order valence-corrected chi connectivity index (χ1v) is 6.92. The topological polar surface area (TPSA) is 60.8 Å². The van der Waals surface area contributed by atoms with E-state index in [1.165, 1.54) is 43.9 Å². The molecule has 1 aromatic carbocycles. The molecule has 4 nitrogen and oxygen atoms in total. The van der Waals surface area contributed by atoms with Gasteiger partial charge in [-0.2, -0.15) is 0 Å². The first-order valence-electron chi connectivity index (χ1n) is 6.92. The van der Waals surface area contributed by atoms with Crippen LogP contribution in [0.2, 0.25) is 0 Å². The lowest BCUT2D eigenvalue weighted by molar-refractivity contribution is 0.0918. The molecular weight excluding hydrogens is 242 g/mol. The summed E-state index contributed by atoms with van der Waals surface area (Å²) < 4.78 is 0. The number of carbonyl (C=O) groups excluding carboxylic acids is 1. The van der Waals surface area contributed by atoms with Gasteiger partial charge >= 0.3 is 0 Å². The zero-order valence-electron chi connectivity index (χ0n) is 10.9. The molecule has 0 aliphatic heterocycles. The van der Waals surface area contributed by atoms with Gasteiger partial charge in [0.05, 0.1) is 12.1 Å². The Bertz CT molecular complexity index is 492. The van der Waals surface area contributed by atoms with Crippen LogP contribution >= 0.6 is 0 Å². The van der Waals surface area contributed by atoms with Crippen molar-refractivity contribution in [2.24, 2.45) is 5.92 Å². The van der Waals surface area contributed by atoms with Crippen molar-refractivity contribution in [3.63, 3.8) is 0 Å². The Kier molecular flexibility index (Phi) is 3.19. The molecule has 2 saturated carbocycles. The molecule has 1 aromatic rings. The number of carbonyl (C=O) groups is 1. The first kappa shape index (κ1) is 12.5. The SMILES string of the molecule is O=C(CN(CC1CC1)C1CC1)c1ccc(O)cc1O. The van der Waals surface area contributed by atoms with E-state index in [0.717, 1.165) is 12.5 Å². The predicted molar refractivity (Wildman–Crippen MR) is 71.4 cm³/mol. The lowest BCUT2D eigenvalue weighted by atomic mass is 10.1. The van der Waals surface area contributed by atoms with Crippen molar-refractivity contribution < 1.29 is 15.0 Å². The van der Waals surface area contributed by atoms with E-state index in [1.54, 1.807) is 0 Å². The van der Waals surface area contributed by atoms with Crippen molar-refractivity contribution in [3.05, 3.63) is 23.8 Å². The van der Waals surface area contributed by atoms with Gasteiger partial charge < -0.3 is 10.2 Å². The van der Waals surface area contributed by atoms with E-state index >= 15 is 0 Å². The molecule has 0 amide bonds. The summed E-state index contributed by atoms with van der Waals surface area (Å²) in [6.45, 7) is 1.38. The number of phenols is 2. The fourth-order valence-corrected chi connectivity index (χ4v) is 2.44. The van der Waals surface area contributed by atoms with Crippen LogP contribution in [0.3, 0.4) is 0 Å². The molecule has 4 heteroatoms. The average molecular weight is 261 g/mol. The zero-order chi connectivity index (χ0) is 13.4. The van der Waals surface area contributed by atoms with Crippen LogP contribution in [-0.4, -0.2) is 40.0 Å². The van der Waals surface area contributed by atoms with Crippen LogP contribution < -0.4 is 0 Å². The number of hydrogen-bond donors (Lipinski definition) is 2. The van der Waals surface area contributed by atoms with Gasteiger partial charge in [-0.1, -0.05) is 0 Å². The van der Waals surface area contributed by atoms with E-state index in [9.17, 15) is 15.0 Å². The molecule has 0 aromatic heterocycles. The molecule has 19 heavy (non-hydrogen) atoms. The number of rotatable bonds is 6. The molecule has 2 fully saturated rings. The summed E-state index contributed by atoms with van der Waals surface area (Å²) in [6, 6.07) is 4.71. The highest BCUT2D eigenvalue weighted by Gasteiger charge is 2.34. The molecule has 0 unspecified atom stereocenters. The molecule has 0 heterocycles. The van der Waals surface area contributed by atoms with Crippen molar-refractivity contribution in [1.82, 2.24) is 4.90 Å². The number of hydrogen-bond acceptors (Lipinski definition) is 4. The zero-order valence-corrected chi connectivity index (χ0v) is 10.9. The largest absolute Gasteiger partial charge is 0.508 e. The van der Waals surface area contributed by atoms with Crippen LogP contribution in [0.5, 0.6) is 11.5 Å². The molecule has 3 rings (SSSR count). The number of phenolic OH excluding ortho intramolecular Hbond substituents is 2. The standard InChI is InChI=1S/C15H19NO3/c17-12-5-6-13(14(18)7-12)15(19)9-16(11-3-4-11)8-10-1-2-10/h5-7,10-11,17-18H,1-4,8-9H2. The first-order chi connectivity index (χ1) is 9.13. The fraction of sp³-hybridized carbons (Fsp3) is 0.533. The minimum atomic E-state index is -0.132. The van der Waals surface area contributed by atoms with Crippen molar-refractivity contribution in [2.45, 2.75) is 31.7 Å². The lowest BCUT2D eigenvalue weighted by Gasteiger charge is -2.21. The Labute approximate surface area is 112 Å². The van der Waals surface area contributed by atoms with Crippen LogP contribution in [-0.2, 0) is 0 Å². The molecule has 0 spiro atoms. The number of ketones is 1. The van der Waals surface area contributed by atoms with E-state index in [1.807, 2.05) is 0 Å². The Balaban J connectivity index is 1.68. The van der Waals surface area contributed by atoms with E-state index in [-0.39, 0.29) is 17.3 Å². The van der Waals surface area contributed by atoms with Crippen LogP contribution in [0, 0.1) is 5.92 Å². The molecule has 2 N–H and O–H groups in total. The van der Waals surface area contributed by atoms with Crippen LogP contribution in [0.1, 0.15) is 36.0 Å². The normalized spacial score (nSPS) is 18.8. The molecular formula is C15H19NO3. The second kappa shape index (κ2) is 4.85. The Morgan fingerprint density at radius 2 is 1.95 bits per heavy atom. The molecule has 0 atom stereocenters. The lowest BCUT2D eigenvalue weighted by Crippen LogP contribution is -2.33. The molecule has 2 aliphatic rings. The van der Waals surface area contributed by atoms with Gasteiger partial charge in [-0.05, 0) is 43.7 Å². The third kappa shape index (κ3) is 3.07. The van der Waals surface area contributed by atoms with Gasteiger partial charge in [-0.15, -0.1) is 0 Å². The summed E-state index contributed by atoms with van der Waals surface area (Å²) in [4.78, 5) is 14.5. The second-order valence-electron chi connectivity index (χ2n) is 5.73. The minimum absolute atomic E-state index is 0.0221. The maximum absolute atomic E-state index is 12.2. The highest BCUT2D eigenvalue weighted by Crippen LogP contribution is 2.35. The van der Waals surface area contributed by atoms with Gasteiger partial charge in [0.15, 0.2) is 5.78 Å². The summed E-state index contributed by atoms with van der Waals surface area (Å²) in [5.74, 6) is 0.546. The molecule has 102 valence electrons. The summed E-state index contributed by atoms with van der Waals surface area (Å²) in [5, 5.41) is 19.0. The Morgan fingerprint density at radius 1 is 1.21 bits per heavy atom. The monoisotopic (exact) mass is 261 g/mol. The van der Waals surface area contributed by atoms with Crippen LogP contribution in [0.15, 0.2) is 18.2 Å².